The fraction of sp³-hybridized carbons (Fsp3) is 0.529. The number of carboxylic acid groups (broad SMARTS) is 1. The minimum Gasteiger partial charge on any atom is -0.475 e. The third-order valence-electron chi connectivity index (χ3n) is 3.31. The third kappa shape index (κ3) is 12.3. The fourth-order valence-corrected chi connectivity index (χ4v) is 2.01. The number of benzene rings is 1. The molecule has 27 heavy (non-hydrogen) atoms. The summed E-state index contributed by atoms with van der Waals surface area (Å²) in [7, 11) is 0. The molecule has 0 saturated carbocycles. The van der Waals surface area contributed by atoms with Crippen LogP contribution in [0.15, 0.2) is 30.3 Å². The molecule has 0 heterocycles. The summed E-state index contributed by atoms with van der Waals surface area (Å²) >= 11 is 4.15. The van der Waals surface area contributed by atoms with Crippen molar-refractivity contribution in [1.82, 2.24) is 10.6 Å². The summed E-state index contributed by atoms with van der Waals surface area (Å²) in [5.74, 6) is -2.12. The van der Waals surface area contributed by atoms with Crippen LogP contribution in [-0.4, -0.2) is 47.5 Å². The number of thiol groups is 1. The van der Waals surface area contributed by atoms with Crippen LogP contribution in [0.1, 0.15) is 25.3 Å². The lowest BCUT2D eigenvalue weighted by atomic mass is 10.1. The van der Waals surface area contributed by atoms with E-state index in [1.807, 2.05) is 30.3 Å². The van der Waals surface area contributed by atoms with Crippen LogP contribution >= 0.6 is 12.6 Å². The van der Waals surface area contributed by atoms with Gasteiger partial charge in [-0.05, 0) is 12.0 Å². The van der Waals surface area contributed by atoms with Gasteiger partial charge in [-0.15, -0.1) is 0 Å². The first-order valence-electron chi connectivity index (χ1n) is 8.33. The molecule has 0 aromatic heterocycles. The van der Waals surface area contributed by atoms with Crippen LogP contribution in [0.4, 0.5) is 13.2 Å². The Kier molecular flexibility index (Phi) is 12.5. The van der Waals surface area contributed by atoms with Crippen molar-refractivity contribution in [3.8, 4) is 0 Å². The van der Waals surface area contributed by atoms with E-state index in [-0.39, 0.29) is 18.0 Å². The van der Waals surface area contributed by atoms with Gasteiger partial charge in [0, 0.05) is 24.9 Å². The van der Waals surface area contributed by atoms with E-state index in [1.54, 1.807) is 0 Å². The SMILES string of the molecule is CCC[C@H](NC[C@@H](N)CS)C(=O)NCc1ccccc1.O=C(O)C(F)(F)F. The van der Waals surface area contributed by atoms with Crippen LogP contribution in [0, 0.1) is 0 Å². The van der Waals surface area contributed by atoms with E-state index in [1.165, 1.54) is 0 Å². The summed E-state index contributed by atoms with van der Waals surface area (Å²) < 4.78 is 31.7. The number of hydrogen-bond donors (Lipinski definition) is 5. The van der Waals surface area contributed by atoms with E-state index in [0.29, 0.717) is 18.8 Å². The Labute approximate surface area is 162 Å². The van der Waals surface area contributed by atoms with Crippen molar-refractivity contribution < 1.29 is 27.9 Å². The summed E-state index contributed by atoms with van der Waals surface area (Å²) in [4.78, 5) is 21.1. The average molecular weight is 409 g/mol. The lowest BCUT2D eigenvalue weighted by Crippen LogP contribution is -2.48. The van der Waals surface area contributed by atoms with E-state index < -0.39 is 12.1 Å². The molecule has 0 bridgehead atoms. The molecule has 154 valence electrons. The van der Waals surface area contributed by atoms with Gasteiger partial charge in [0.25, 0.3) is 0 Å². The summed E-state index contributed by atoms with van der Waals surface area (Å²) in [5.41, 5.74) is 6.91. The predicted molar refractivity (Wildman–Crippen MR) is 101 cm³/mol. The van der Waals surface area contributed by atoms with Crippen molar-refractivity contribution in [2.24, 2.45) is 5.73 Å². The molecule has 0 fully saturated rings. The number of halogens is 3. The molecule has 1 amide bonds. The van der Waals surface area contributed by atoms with Crippen molar-refractivity contribution in [2.75, 3.05) is 12.3 Å². The zero-order valence-electron chi connectivity index (χ0n) is 15.0. The highest BCUT2D eigenvalue weighted by molar-refractivity contribution is 7.80. The van der Waals surface area contributed by atoms with Crippen LogP contribution < -0.4 is 16.4 Å². The second kappa shape index (κ2) is 13.4. The summed E-state index contributed by atoms with van der Waals surface area (Å²) in [5, 5.41) is 13.3. The number of carboxylic acids is 1. The Hall–Kier alpha value is -1.78. The van der Waals surface area contributed by atoms with Crippen LogP contribution in [0.5, 0.6) is 0 Å². The Morgan fingerprint density at radius 3 is 2.26 bits per heavy atom. The lowest BCUT2D eigenvalue weighted by Gasteiger charge is -2.19. The van der Waals surface area contributed by atoms with E-state index in [0.717, 1.165) is 18.4 Å². The van der Waals surface area contributed by atoms with Gasteiger partial charge in [0.15, 0.2) is 0 Å². The summed E-state index contributed by atoms with van der Waals surface area (Å²) in [6.45, 7) is 3.23. The van der Waals surface area contributed by atoms with Gasteiger partial charge in [-0.1, -0.05) is 43.7 Å². The number of aliphatic carboxylic acids is 1. The first-order chi connectivity index (χ1) is 12.6. The summed E-state index contributed by atoms with van der Waals surface area (Å²) in [6, 6.07) is 9.68. The van der Waals surface area contributed by atoms with E-state index in [2.05, 4.69) is 30.2 Å². The van der Waals surface area contributed by atoms with Crippen LogP contribution in [0.2, 0.25) is 0 Å². The molecule has 1 aromatic carbocycles. The van der Waals surface area contributed by atoms with Gasteiger partial charge < -0.3 is 21.5 Å². The van der Waals surface area contributed by atoms with Crippen LogP contribution in [0.3, 0.4) is 0 Å². The second-order valence-electron chi connectivity index (χ2n) is 5.70. The van der Waals surface area contributed by atoms with Crippen molar-refractivity contribution in [3.05, 3.63) is 35.9 Å². The predicted octanol–water partition coefficient (Wildman–Crippen LogP) is 1.95. The maximum atomic E-state index is 12.2. The molecular formula is C17H26F3N3O3S. The Bertz CT molecular complexity index is 559. The first kappa shape index (κ1) is 25.2. The topological polar surface area (TPSA) is 104 Å². The first-order valence-corrected chi connectivity index (χ1v) is 8.96. The van der Waals surface area contributed by atoms with Crippen molar-refractivity contribution in [1.29, 1.82) is 0 Å². The van der Waals surface area contributed by atoms with Crippen LogP contribution in [-0.2, 0) is 16.1 Å². The standard InChI is InChI=1S/C15H25N3OS.C2HF3O2/c1-2-6-14(17-10-13(16)11-20)15(19)18-9-12-7-4-3-5-8-12;3-2(4,5)1(6)7/h3-5,7-8,13-14,17,20H,2,6,9-11,16H2,1H3,(H,18,19);(H,6,7)/t13-,14+;/m1./s1. The van der Waals surface area contributed by atoms with Crippen molar-refractivity contribution >= 4 is 24.5 Å². The number of hydrogen-bond acceptors (Lipinski definition) is 5. The van der Waals surface area contributed by atoms with Gasteiger partial charge in [-0.25, -0.2) is 4.79 Å². The number of rotatable bonds is 9. The molecule has 0 spiro atoms. The number of nitrogens with one attached hydrogen (secondary N) is 2. The van der Waals surface area contributed by atoms with Crippen molar-refractivity contribution in [2.45, 2.75) is 44.6 Å². The van der Waals surface area contributed by atoms with Gasteiger partial charge in [0.1, 0.15) is 0 Å². The van der Waals surface area contributed by atoms with Gasteiger partial charge in [0.05, 0.1) is 6.04 Å². The molecule has 0 radical (unpaired) electrons. The molecule has 0 aliphatic heterocycles. The monoisotopic (exact) mass is 409 g/mol. The largest absolute Gasteiger partial charge is 0.490 e. The van der Waals surface area contributed by atoms with Crippen molar-refractivity contribution in [3.63, 3.8) is 0 Å². The molecule has 0 aliphatic carbocycles. The minimum atomic E-state index is -5.08. The zero-order chi connectivity index (χ0) is 20.9. The molecule has 0 unspecified atom stereocenters. The quantitative estimate of drug-likeness (QED) is 0.401. The van der Waals surface area contributed by atoms with E-state index in [4.69, 9.17) is 15.6 Å². The lowest BCUT2D eigenvalue weighted by molar-refractivity contribution is -0.192. The molecule has 5 N–H and O–H groups in total. The maximum Gasteiger partial charge on any atom is 0.490 e. The van der Waals surface area contributed by atoms with E-state index >= 15 is 0 Å². The van der Waals surface area contributed by atoms with Gasteiger partial charge in [-0.2, -0.15) is 25.8 Å². The average Bonchev–Trinajstić information content (AvgIpc) is 2.63. The number of amides is 1. The molecule has 0 aliphatic rings. The van der Waals surface area contributed by atoms with E-state index in [9.17, 15) is 18.0 Å². The Balaban J connectivity index is 0.000000821. The number of carbonyl (C=O) groups is 2. The fourth-order valence-electron chi connectivity index (χ4n) is 1.88. The Morgan fingerprint density at radius 2 is 1.81 bits per heavy atom. The number of carbonyl (C=O) groups excluding carboxylic acids is 1. The maximum absolute atomic E-state index is 12.2. The number of alkyl halides is 3. The molecule has 6 nitrogen and oxygen atoms in total. The third-order valence-corrected chi connectivity index (χ3v) is 3.78. The second-order valence-corrected chi connectivity index (χ2v) is 6.06. The van der Waals surface area contributed by atoms with Gasteiger partial charge >= 0.3 is 12.1 Å². The molecule has 1 rings (SSSR count). The highest BCUT2D eigenvalue weighted by Crippen LogP contribution is 2.13. The highest BCUT2D eigenvalue weighted by Gasteiger charge is 2.38. The smallest absolute Gasteiger partial charge is 0.475 e. The zero-order valence-corrected chi connectivity index (χ0v) is 15.9. The van der Waals surface area contributed by atoms with Gasteiger partial charge in [0.2, 0.25) is 5.91 Å². The molecule has 1 aromatic rings. The highest BCUT2D eigenvalue weighted by atomic mass is 32.1. The Morgan fingerprint density at radius 1 is 1.26 bits per heavy atom. The molecule has 2 atom stereocenters. The van der Waals surface area contributed by atoms with Gasteiger partial charge in [-0.3, -0.25) is 4.79 Å². The molecule has 10 heteroatoms. The minimum absolute atomic E-state index is 0.0281. The van der Waals surface area contributed by atoms with Crippen LogP contribution in [0.25, 0.3) is 0 Å². The summed E-state index contributed by atoms with van der Waals surface area (Å²) in [6.07, 6.45) is -3.33. The molecular weight excluding hydrogens is 383 g/mol. The number of nitrogens with two attached hydrogens (primary N) is 1. The normalized spacial score (nSPS) is 13.1. The molecule has 0 saturated heterocycles.